The highest BCUT2D eigenvalue weighted by Crippen LogP contribution is 2.42. The van der Waals surface area contributed by atoms with Gasteiger partial charge in [0.2, 0.25) is 0 Å². The molecule has 98 valence electrons. The summed E-state index contributed by atoms with van der Waals surface area (Å²) >= 11 is 1.76. The summed E-state index contributed by atoms with van der Waals surface area (Å²) in [5, 5.41) is 2.11. The van der Waals surface area contributed by atoms with Crippen LogP contribution in [0, 0.1) is 0 Å². The summed E-state index contributed by atoms with van der Waals surface area (Å²) in [6, 6.07) is 8.75. The van der Waals surface area contributed by atoms with Gasteiger partial charge in [0.1, 0.15) is 0 Å². The average molecular weight is 270 g/mol. The standard InChI is InChI=1S/C16H18N2S/c1-3-15(19-10-1)14-5-4-13(11-17-14)16-6-2-8-18(12-16)9-7-16/h1,3-5,10-11H,2,6-9,12H2. The molecule has 2 unspecified atom stereocenters. The van der Waals surface area contributed by atoms with Crippen LogP contribution >= 0.6 is 11.3 Å². The molecule has 2 fully saturated rings. The Morgan fingerprint density at radius 3 is 2.95 bits per heavy atom. The van der Waals surface area contributed by atoms with Crippen LogP contribution in [0.1, 0.15) is 24.8 Å². The van der Waals surface area contributed by atoms with Gasteiger partial charge in [0.15, 0.2) is 0 Å². The number of rotatable bonds is 2. The maximum Gasteiger partial charge on any atom is 0.0801 e. The SMILES string of the molecule is c1csc(-c2ccc(C34CCCN(CC3)C4)cn2)c1. The summed E-state index contributed by atoms with van der Waals surface area (Å²) in [6.07, 6.45) is 6.12. The lowest BCUT2D eigenvalue weighted by molar-refractivity contribution is 0.243. The molecule has 0 spiro atoms. The lowest BCUT2D eigenvalue weighted by atomic mass is 9.75. The molecule has 2 saturated heterocycles. The van der Waals surface area contributed by atoms with Gasteiger partial charge in [-0.1, -0.05) is 12.1 Å². The Kier molecular flexibility index (Phi) is 2.71. The molecular formula is C16H18N2S. The maximum absolute atomic E-state index is 4.70. The van der Waals surface area contributed by atoms with E-state index in [1.807, 2.05) is 0 Å². The van der Waals surface area contributed by atoms with Crippen molar-refractivity contribution in [2.75, 3.05) is 19.6 Å². The van der Waals surface area contributed by atoms with E-state index < -0.39 is 0 Å². The first-order valence-corrected chi connectivity index (χ1v) is 7.97. The average Bonchev–Trinajstić information content (AvgIpc) is 3.09. The summed E-state index contributed by atoms with van der Waals surface area (Å²) < 4.78 is 0. The Morgan fingerprint density at radius 2 is 2.16 bits per heavy atom. The van der Waals surface area contributed by atoms with Gasteiger partial charge in [0, 0.05) is 18.2 Å². The Labute approximate surface area is 118 Å². The number of aromatic nitrogens is 1. The number of fused-ring (bicyclic) bond motifs is 2. The monoisotopic (exact) mass is 270 g/mol. The summed E-state index contributed by atoms with van der Waals surface area (Å²) in [4.78, 5) is 8.57. The lowest BCUT2D eigenvalue weighted by Crippen LogP contribution is -2.36. The fraction of sp³-hybridized carbons (Fsp3) is 0.438. The summed E-state index contributed by atoms with van der Waals surface area (Å²) in [5.74, 6) is 0. The van der Waals surface area contributed by atoms with Crippen LogP contribution in [0.25, 0.3) is 10.6 Å². The van der Waals surface area contributed by atoms with Crippen LogP contribution in [0.2, 0.25) is 0 Å². The third-order valence-electron chi connectivity index (χ3n) is 4.71. The van der Waals surface area contributed by atoms with Crippen LogP contribution in [0.5, 0.6) is 0 Å². The van der Waals surface area contributed by atoms with E-state index in [9.17, 15) is 0 Å². The lowest BCUT2D eigenvalue weighted by Gasteiger charge is -2.34. The molecule has 2 aromatic heterocycles. The molecule has 2 bridgehead atoms. The van der Waals surface area contributed by atoms with E-state index >= 15 is 0 Å². The van der Waals surface area contributed by atoms with Crippen LogP contribution in [-0.4, -0.2) is 29.5 Å². The molecule has 2 aromatic rings. The van der Waals surface area contributed by atoms with Crippen LogP contribution in [0.4, 0.5) is 0 Å². The van der Waals surface area contributed by atoms with Crippen molar-refractivity contribution in [1.29, 1.82) is 0 Å². The highest BCUT2D eigenvalue weighted by atomic mass is 32.1. The molecule has 0 amide bonds. The number of thiophene rings is 1. The van der Waals surface area contributed by atoms with E-state index in [4.69, 9.17) is 4.98 Å². The zero-order valence-electron chi connectivity index (χ0n) is 11.0. The number of pyridine rings is 1. The maximum atomic E-state index is 4.70. The molecule has 3 heteroatoms. The Balaban J connectivity index is 1.66. The molecule has 2 nitrogen and oxygen atoms in total. The third-order valence-corrected chi connectivity index (χ3v) is 5.60. The van der Waals surface area contributed by atoms with Gasteiger partial charge in [-0.15, -0.1) is 11.3 Å². The first-order chi connectivity index (χ1) is 9.36. The largest absolute Gasteiger partial charge is 0.302 e. The van der Waals surface area contributed by atoms with Crippen molar-refractivity contribution in [2.24, 2.45) is 0 Å². The Bertz CT molecular complexity index is 557. The smallest absolute Gasteiger partial charge is 0.0801 e. The number of hydrogen-bond acceptors (Lipinski definition) is 3. The number of hydrogen-bond donors (Lipinski definition) is 0. The molecule has 19 heavy (non-hydrogen) atoms. The van der Waals surface area contributed by atoms with Crippen LogP contribution < -0.4 is 0 Å². The molecule has 4 rings (SSSR count). The normalized spacial score (nSPS) is 29.6. The van der Waals surface area contributed by atoms with Crippen molar-refractivity contribution in [3.63, 3.8) is 0 Å². The van der Waals surface area contributed by atoms with Gasteiger partial charge >= 0.3 is 0 Å². The number of piperidine rings is 1. The van der Waals surface area contributed by atoms with Crippen molar-refractivity contribution >= 4 is 11.3 Å². The second-order valence-corrected chi connectivity index (χ2v) is 6.77. The van der Waals surface area contributed by atoms with Crippen LogP contribution in [0.3, 0.4) is 0 Å². The van der Waals surface area contributed by atoms with Gasteiger partial charge in [-0.25, -0.2) is 0 Å². The summed E-state index contributed by atoms with van der Waals surface area (Å²) in [5.41, 5.74) is 2.97. The van der Waals surface area contributed by atoms with E-state index in [1.54, 1.807) is 11.3 Å². The predicted molar refractivity (Wildman–Crippen MR) is 79.5 cm³/mol. The van der Waals surface area contributed by atoms with Crippen molar-refractivity contribution in [3.05, 3.63) is 41.4 Å². The predicted octanol–water partition coefficient (Wildman–Crippen LogP) is 3.55. The Hall–Kier alpha value is -1.19. The molecule has 2 aliphatic rings. The van der Waals surface area contributed by atoms with Gasteiger partial charge in [-0.05, 0) is 55.4 Å². The minimum Gasteiger partial charge on any atom is -0.302 e. The molecule has 4 heterocycles. The number of nitrogens with zero attached hydrogens (tertiary/aromatic N) is 2. The van der Waals surface area contributed by atoms with E-state index in [1.165, 1.54) is 49.3 Å². The fourth-order valence-corrected chi connectivity index (χ4v) is 4.35. The van der Waals surface area contributed by atoms with Gasteiger partial charge in [0.25, 0.3) is 0 Å². The molecule has 0 saturated carbocycles. The summed E-state index contributed by atoms with van der Waals surface area (Å²) in [7, 11) is 0. The first-order valence-electron chi connectivity index (χ1n) is 7.09. The highest BCUT2D eigenvalue weighted by Gasteiger charge is 2.42. The zero-order valence-corrected chi connectivity index (χ0v) is 11.8. The summed E-state index contributed by atoms with van der Waals surface area (Å²) in [6.45, 7) is 3.81. The van der Waals surface area contributed by atoms with Crippen molar-refractivity contribution in [3.8, 4) is 10.6 Å². The minimum atomic E-state index is 0.402. The Morgan fingerprint density at radius 1 is 1.16 bits per heavy atom. The molecule has 2 aliphatic heterocycles. The second-order valence-electron chi connectivity index (χ2n) is 5.82. The highest BCUT2D eigenvalue weighted by molar-refractivity contribution is 7.13. The first kappa shape index (κ1) is 11.6. The van der Waals surface area contributed by atoms with E-state index in [0.29, 0.717) is 5.41 Å². The third kappa shape index (κ3) is 1.92. The molecule has 2 atom stereocenters. The van der Waals surface area contributed by atoms with Gasteiger partial charge < -0.3 is 4.90 Å². The molecule has 0 radical (unpaired) electrons. The molecule has 0 aliphatic carbocycles. The van der Waals surface area contributed by atoms with Gasteiger partial charge in [-0.3, -0.25) is 4.98 Å². The van der Waals surface area contributed by atoms with E-state index in [-0.39, 0.29) is 0 Å². The van der Waals surface area contributed by atoms with Crippen molar-refractivity contribution in [2.45, 2.75) is 24.7 Å². The molecule has 0 aromatic carbocycles. The van der Waals surface area contributed by atoms with E-state index in [0.717, 1.165) is 5.69 Å². The van der Waals surface area contributed by atoms with Crippen molar-refractivity contribution in [1.82, 2.24) is 9.88 Å². The van der Waals surface area contributed by atoms with Crippen LogP contribution in [-0.2, 0) is 5.41 Å². The van der Waals surface area contributed by atoms with Gasteiger partial charge in [-0.2, -0.15) is 0 Å². The molecular weight excluding hydrogens is 252 g/mol. The van der Waals surface area contributed by atoms with Crippen LogP contribution in [0.15, 0.2) is 35.8 Å². The second kappa shape index (κ2) is 4.43. The quantitative estimate of drug-likeness (QED) is 0.829. The van der Waals surface area contributed by atoms with Crippen molar-refractivity contribution < 1.29 is 0 Å². The fourth-order valence-electron chi connectivity index (χ4n) is 3.65. The van der Waals surface area contributed by atoms with E-state index in [2.05, 4.69) is 40.7 Å². The zero-order chi connectivity index (χ0) is 12.7. The minimum absolute atomic E-state index is 0.402. The molecule has 0 N–H and O–H groups in total. The van der Waals surface area contributed by atoms with Gasteiger partial charge in [0.05, 0.1) is 10.6 Å². The topological polar surface area (TPSA) is 16.1 Å².